The van der Waals surface area contributed by atoms with Crippen LogP contribution in [0.5, 0.6) is 0 Å². The topological polar surface area (TPSA) is 145 Å². The average Bonchev–Trinajstić information content (AvgIpc) is 4.17. The Kier molecular flexibility index (Phi) is 13.2. The van der Waals surface area contributed by atoms with Gasteiger partial charge in [0.15, 0.2) is 0 Å². The summed E-state index contributed by atoms with van der Waals surface area (Å²) in [5.41, 5.74) is 7.40. The van der Waals surface area contributed by atoms with E-state index < -0.39 is 20.0 Å². The van der Waals surface area contributed by atoms with Gasteiger partial charge >= 0.3 is 0 Å². The summed E-state index contributed by atoms with van der Waals surface area (Å²) in [5.74, 6) is 0. The quantitative estimate of drug-likeness (QED) is 0.151. The number of aromatic nitrogens is 2. The van der Waals surface area contributed by atoms with Crippen molar-refractivity contribution in [2.75, 3.05) is 105 Å². The Morgan fingerprint density at radius 3 is 1.43 bits per heavy atom. The Bertz CT molecular complexity index is 2870. The largest absolute Gasteiger partial charge is 0.391 e. The summed E-state index contributed by atoms with van der Waals surface area (Å²) in [6.45, 7) is 14.4. The smallest absolute Gasteiger partial charge is 0.268 e. The number of β-amino-alcohol motifs (C(OH)–C–C–N with tert-alkyl or cyclic N) is 1. The number of hydrogen-bond acceptors (Lipinski definition) is 12. The molecule has 0 aliphatic carbocycles. The minimum absolute atomic E-state index is 0.189. The van der Waals surface area contributed by atoms with Crippen LogP contribution in [0.4, 0.5) is 22.7 Å². The summed E-state index contributed by atoms with van der Waals surface area (Å²) in [4.78, 5) is 9.42. The lowest BCUT2D eigenvalue weighted by molar-refractivity contribution is 0.121. The van der Waals surface area contributed by atoms with Crippen molar-refractivity contribution in [3.8, 4) is 0 Å². The van der Waals surface area contributed by atoms with Crippen molar-refractivity contribution < 1.29 is 26.7 Å². The van der Waals surface area contributed by atoms with Crippen LogP contribution in [-0.4, -0.2) is 128 Å². The Morgan fingerprint density at radius 1 is 0.569 bits per heavy atom. The minimum Gasteiger partial charge on any atom is -0.391 e. The van der Waals surface area contributed by atoms with Crippen molar-refractivity contribution in [1.29, 1.82) is 0 Å². The number of aliphatic hydroxyl groups is 1. The zero-order valence-corrected chi connectivity index (χ0v) is 39.3. The normalized spacial score (nSPS) is 19.6. The highest BCUT2D eigenvalue weighted by molar-refractivity contribution is 7.90. The van der Waals surface area contributed by atoms with Crippen LogP contribution in [0.25, 0.3) is 21.8 Å². The van der Waals surface area contributed by atoms with Crippen LogP contribution < -0.4 is 30.2 Å². The molecular formula is C49H62N8O6S2. The highest BCUT2D eigenvalue weighted by atomic mass is 32.2. The van der Waals surface area contributed by atoms with E-state index in [4.69, 9.17) is 4.74 Å². The molecule has 10 rings (SSSR count). The summed E-state index contributed by atoms with van der Waals surface area (Å²) in [7, 11) is -5.79. The van der Waals surface area contributed by atoms with Crippen molar-refractivity contribution in [2.24, 2.45) is 0 Å². The monoisotopic (exact) mass is 922 g/mol. The van der Waals surface area contributed by atoms with Gasteiger partial charge in [0.2, 0.25) is 0 Å². The molecular weight excluding hydrogens is 861 g/mol. The van der Waals surface area contributed by atoms with Gasteiger partial charge in [-0.25, -0.2) is 24.8 Å². The van der Waals surface area contributed by atoms with Crippen LogP contribution in [0, 0.1) is 0 Å². The fourth-order valence-corrected chi connectivity index (χ4v) is 12.6. The van der Waals surface area contributed by atoms with Gasteiger partial charge in [-0.05, 0) is 97.5 Å². The molecule has 4 aromatic carbocycles. The first-order valence-electron chi connectivity index (χ1n) is 23.1. The number of rotatable bonds is 11. The Balaban J connectivity index is 0.000000164. The molecule has 0 radical (unpaired) electrons. The van der Waals surface area contributed by atoms with Crippen LogP contribution in [0.1, 0.15) is 37.8 Å². The highest BCUT2D eigenvalue weighted by Crippen LogP contribution is 2.34. The van der Waals surface area contributed by atoms with Gasteiger partial charge in [-0.3, -0.25) is 0 Å². The van der Waals surface area contributed by atoms with Crippen LogP contribution in [-0.2, 0) is 37.6 Å². The molecule has 16 heteroatoms. The van der Waals surface area contributed by atoms with E-state index in [-0.39, 0.29) is 17.1 Å². The second-order valence-corrected chi connectivity index (χ2v) is 21.1. The Hall–Kier alpha value is -5.10. The molecule has 4 aliphatic rings. The highest BCUT2D eigenvalue weighted by Gasteiger charge is 2.28. The molecule has 4 fully saturated rings. The maximum absolute atomic E-state index is 13.8. The number of ether oxygens (including phenoxy) is 1. The van der Waals surface area contributed by atoms with Crippen molar-refractivity contribution in [1.82, 2.24) is 18.6 Å². The van der Waals surface area contributed by atoms with Crippen molar-refractivity contribution in [2.45, 2.75) is 61.5 Å². The van der Waals surface area contributed by atoms with Crippen LogP contribution in [0.3, 0.4) is 0 Å². The van der Waals surface area contributed by atoms with E-state index in [1.165, 1.54) is 7.94 Å². The van der Waals surface area contributed by atoms with E-state index in [9.17, 15) is 21.9 Å². The van der Waals surface area contributed by atoms with Crippen LogP contribution in [0.15, 0.2) is 107 Å². The fourth-order valence-electron chi connectivity index (χ4n) is 9.75. The third-order valence-electron chi connectivity index (χ3n) is 13.5. The van der Waals surface area contributed by atoms with E-state index in [0.29, 0.717) is 17.9 Å². The second kappa shape index (κ2) is 19.0. The van der Waals surface area contributed by atoms with E-state index in [0.717, 1.165) is 147 Å². The van der Waals surface area contributed by atoms with Crippen molar-refractivity contribution in [3.63, 3.8) is 0 Å². The zero-order valence-electron chi connectivity index (χ0n) is 37.7. The molecule has 6 aromatic rings. The van der Waals surface area contributed by atoms with Gasteiger partial charge in [0.05, 0.1) is 33.0 Å². The molecule has 3 N–H and O–H groups in total. The number of hydrogen-bond donors (Lipinski definition) is 3. The number of anilines is 4. The van der Waals surface area contributed by atoms with Crippen LogP contribution >= 0.6 is 0 Å². The Labute approximate surface area is 383 Å². The van der Waals surface area contributed by atoms with Gasteiger partial charge in [0.1, 0.15) is 0 Å². The van der Waals surface area contributed by atoms with Gasteiger partial charge in [0.25, 0.3) is 20.0 Å². The average molecular weight is 923 g/mol. The predicted molar refractivity (Wildman–Crippen MR) is 261 cm³/mol. The third-order valence-corrected chi connectivity index (χ3v) is 16.9. The number of nitrogens with zero attached hydrogens (tertiary/aromatic N) is 6. The molecule has 4 aliphatic heterocycles. The number of fused-ring (bicyclic) bond motifs is 2. The summed E-state index contributed by atoms with van der Waals surface area (Å²) < 4.78 is 63.6. The molecule has 0 bridgehead atoms. The summed E-state index contributed by atoms with van der Waals surface area (Å²) in [6, 6.07) is 26.8. The first-order chi connectivity index (χ1) is 31.5. The maximum atomic E-state index is 13.8. The molecule has 4 saturated heterocycles. The lowest BCUT2D eigenvalue weighted by Gasteiger charge is -2.29. The molecule has 0 unspecified atom stereocenters. The fraction of sp³-hybridized carbons (Fsp3) is 0.429. The number of methoxy groups -OCH3 is 1. The van der Waals surface area contributed by atoms with E-state index in [2.05, 4.69) is 63.4 Å². The number of aliphatic hydroxyl groups excluding tert-OH is 1. The lowest BCUT2D eigenvalue weighted by Crippen LogP contribution is -2.43. The molecule has 346 valence electrons. The number of piperazine rings is 2. The molecule has 65 heavy (non-hydrogen) atoms. The standard InChI is InChI=1S/C25H32N4O3S.C24H30N4O3S/c1-3-19-17-29(25-16-21(7-8-24(19)25)27-13-10-26-11-14-27)33(30,31)23-6-4-5-20(15-23)28-12-9-22(18-28)32-2;1-2-18-16-28(24-15-20(6-7-23(18)24)26-12-9-25-10-13-26)32(30,31)22-5-3-4-19(14-22)27-11-8-21(29)17-27/h4-8,15-17,22,26H,3,9-14,18H2,1-2H3;3-7,14-16,21,25,29H,2,8-13,17H2,1H3/t22-;21-/m00/s1. The van der Waals surface area contributed by atoms with Crippen molar-refractivity contribution >= 4 is 64.6 Å². The SMILES string of the molecule is CCc1cn(S(=O)(=O)c2cccc(N3CC[C@H](O)C3)c2)c2cc(N3CCNCC3)ccc12.CCc1cn(S(=O)(=O)c2cccc(N3CC[C@H](OC)C3)c2)c2cc(N3CCNCC3)ccc12. The second-order valence-electron chi connectivity index (χ2n) is 17.5. The van der Waals surface area contributed by atoms with Crippen molar-refractivity contribution in [3.05, 3.63) is 108 Å². The Morgan fingerprint density at radius 2 is 1.02 bits per heavy atom. The summed E-state index contributed by atoms with van der Waals surface area (Å²) in [6.07, 6.45) is 6.58. The lowest BCUT2D eigenvalue weighted by atomic mass is 10.1. The maximum Gasteiger partial charge on any atom is 0.268 e. The molecule has 6 heterocycles. The van der Waals surface area contributed by atoms with E-state index in [1.807, 2.05) is 35.2 Å². The van der Waals surface area contributed by atoms with Gasteiger partial charge in [-0.1, -0.05) is 38.1 Å². The third kappa shape index (κ3) is 9.08. The molecule has 0 spiro atoms. The molecule has 0 amide bonds. The van der Waals surface area contributed by atoms with Gasteiger partial charge < -0.3 is 40.1 Å². The molecule has 0 saturated carbocycles. The van der Waals surface area contributed by atoms with Gasteiger partial charge in [-0.2, -0.15) is 0 Å². The van der Waals surface area contributed by atoms with Crippen LogP contribution in [0.2, 0.25) is 0 Å². The number of nitrogens with one attached hydrogen (secondary N) is 2. The number of benzene rings is 4. The van der Waals surface area contributed by atoms with E-state index in [1.54, 1.807) is 49.8 Å². The molecule has 14 nitrogen and oxygen atoms in total. The predicted octanol–water partition coefficient (Wildman–Crippen LogP) is 5.50. The van der Waals surface area contributed by atoms with Gasteiger partial charge in [-0.15, -0.1) is 0 Å². The summed E-state index contributed by atoms with van der Waals surface area (Å²) in [5, 5.41) is 18.6. The number of aryl methyl sites for hydroxylation is 2. The van der Waals surface area contributed by atoms with Gasteiger partial charge in [0, 0.05) is 132 Å². The molecule has 2 atom stereocenters. The first-order valence-corrected chi connectivity index (χ1v) is 26.0. The molecule has 2 aromatic heterocycles. The summed E-state index contributed by atoms with van der Waals surface area (Å²) >= 11 is 0. The zero-order chi connectivity index (χ0) is 45.3. The minimum atomic E-state index is -3.77. The first kappa shape index (κ1) is 45.1. The van der Waals surface area contributed by atoms with E-state index >= 15 is 0 Å².